The largest absolute Gasteiger partial charge is 0.497 e. The van der Waals surface area contributed by atoms with Crippen LogP contribution in [-0.2, 0) is 11.2 Å². The first kappa shape index (κ1) is 9.34. The molecule has 1 aromatic carbocycles. The Labute approximate surface area is 83.6 Å². The van der Waals surface area contributed by atoms with Gasteiger partial charge in [0.15, 0.2) is 0 Å². The van der Waals surface area contributed by atoms with Gasteiger partial charge >= 0.3 is 0 Å². The van der Waals surface area contributed by atoms with E-state index in [9.17, 15) is 0 Å². The van der Waals surface area contributed by atoms with Gasteiger partial charge in [-0.2, -0.15) is 0 Å². The molecule has 0 N–H and O–H groups in total. The predicted octanol–water partition coefficient (Wildman–Crippen LogP) is 1.65. The van der Waals surface area contributed by atoms with E-state index in [1.807, 2.05) is 18.2 Å². The SMILES string of the molecule is COc1ccc(OC)c(CC2CO2)c1. The van der Waals surface area contributed by atoms with Crippen molar-refractivity contribution in [2.75, 3.05) is 20.8 Å². The molecule has 1 aliphatic rings. The highest BCUT2D eigenvalue weighted by Gasteiger charge is 2.24. The van der Waals surface area contributed by atoms with Gasteiger partial charge in [-0.05, 0) is 18.2 Å². The van der Waals surface area contributed by atoms with Gasteiger partial charge in [-0.1, -0.05) is 0 Å². The molecule has 0 aromatic heterocycles. The molecule has 3 nitrogen and oxygen atoms in total. The molecule has 1 aliphatic heterocycles. The lowest BCUT2D eigenvalue weighted by molar-refractivity contribution is 0.385. The maximum absolute atomic E-state index is 5.26. The molecule has 1 aromatic rings. The monoisotopic (exact) mass is 194 g/mol. The number of methoxy groups -OCH3 is 2. The highest BCUT2D eigenvalue weighted by Crippen LogP contribution is 2.27. The van der Waals surface area contributed by atoms with Crippen LogP contribution in [0.2, 0.25) is 0 Å². The minimum atomic E-state index is 0.371. The van der Waals surface area contributed by atoms with Gasteiger partial charge in [0.1, 0.15) is 11.5 Å². The first-order valence-corrected chi connectivity index (χ1v) is 4.66. The Hall–Kier alpha value is -1.22. The third-order valence-electron chi connectivity index (χ3n) is 2.34. The molecule has 0 aliphatic carbocycles. The van der Waals surface area contributed by atoms with E-state index in [0.29, 0.717) is 6.10 Å². The molecule has 1 heterocycles. The third-order valence-corrected chi connectivity index (χ3v) is 2.34. The van der Waals surface area contributed by atoms with Crippen molar-refractivity contribution in [3.05, 3.63) is 23.8 Å². The van der Waals surface area contributed by atoms with Crippen LogP contribution in [0.4, 0.5) is 0 Å². The van der Waals surface area contributed by atoms with Crippen LogP contribution in [0.3, 0.4) is 0 Å². The average Bonchev–Trinajstić information content (AvgIpc) is 3.01. The van der Waals surface area contributed by atoms with E-state index in [1.54, 1.807) is 14.2 Å². The Bertz CT molecular complexity index is 318. The molecule has 0 saturated carbocycles. The minimum absolute atomic E-state index is 0.371. The van der Waals surface area contributed by atoms with Crippen LogP contribution in [0.1, 0.15) is 5.56 Å². The number of ether oxygens (including phenoxy) is 3. The van der Waals surface area contributed by atoms with Gasteiger partial charge in [-0.25, -0.2) is 0 Å². The topological polar surface area (TPSA) is 31.0 Å². The molecule has 0 amide bonds. The van der Waals surface area contributed by atoms with Crippen LogP contribution in [0.5, 0.6) is 11.5 Å². The maximum atomic E-state index is 5.26. The number of epoxide rings is 1. The van der Waals surface area contributed by atoms with Gasteiger partial charge < -0.3 is 14.2 Å². The Morgan fingerprint density at radius 3 is 2.71 bits per heavy atom. The fourth-order valence-corrected chi connectivity index (χ4v) is 1.47. The molecular weight excluding hydrogens is 180 g/mol. The highest BCUT2D eigenvalue weighted by atomic mass is 16.6. The molecule has 2 rings (SSSR count). The Morgan fingerprint density at radius 1 is 1.36 bits per heavy atom. The zero-order chi connectivity index (χ0) is 9.97. The van der Waals surface area contributed by atoms with Crippen LogP contribution in [0.25, 0.3) is 0 Å². The molecule has 0 bridgehead atoms. The van der Waals surface area contributed by atoms with Crippen LogP contribution in [-0.4, -0.2) is 26.9 Å². The van der Waals surface area contributed by atoms with Crippen molar-refractivity contribution in [2.24, 2.45) is 0 Å². The fraction of sp³-hybridized carbons (Fsp3) is 0.455. The summed E-state index contributed by atoms with van der Waals surface area (Å²) in [6.45, 7) is 0.861. The van der Waals surface area contributed by atoms with Crippen molar-refractivity contribution in [3.63, 3.8) is 0 Å². The zero-order valence-electron chi connectivity index (χ0n) is 8.45. The fourth-order valence-electron chi connectivity index (χ4n) is 1.47. The summed E-state index contributed by atoms with van der Waals surface area (Å²) in [6.07, 6.45) is 1.27. The smallest absolute Gasteiger partial charge is 0.122 e. The Morgan fingerprint density at radius 2 is 2.14 bits per heavy atom. The summed E-state index contributed by atoms with van der Waals surface area (Å²) in [7, 11) is 3.35. The molecule has 14 heavy (non-hydrogen) atoms. The molecule has 0 spiro atoms. The van der Waals surface area contributed by atoms with E-state index in [1.165, 1.54) is 0 Å². The van der Waals surface area contributed by atoms with Gasteiger partial charge in [-0.15, -0.1) is 0 Å². The van der Waals surface area contributed by atoms with E-state index >= 15 is 0 Å². The highest BCUT2D eigenvalue weighted by molar-refractivity contribution is 5.40. The molecule has 1 saturated heterocycles. The summed E-state index contributed by atoms with van der Waals surface area (Å²) in [5.41, 5.74) is 1.15. The van der Waals surface area contributed by atoms with Gasteiger partial charge in [0.25, 0.3) is 0 Å². The molecule has 1 fully saturated rings. The quantitative estimate of drug-likeness (QED) is 0.683. The lowest BCUT2D eigenvalue weighted by atomic mass is 10.1. The summed E-state index contributed by atoms with van der Waals surface area (Å²) < 4.78 is 15.6. The van der Waals surface area contributed by atoms with Crippen molar-refractivity contribution in [1.82, 2.24) is 0 Å². The van der Waals surface area contributed by atoms with Gasteiger partial charge in [0.2, 0.25) is 0 Å². The number of benzene rings is 1. The van der Waals surface area contributed by atoms with Crippen LogP contribution >= 0.6 is 0 Å². The van der Waals surface area contributed by atoms with E-state index in [0.717, 1.165) is 30.1 Å². The standard InChI is InChI=1S/C11H14O3/c1-12-9-3-4-11(13-2)8(5-9)6-10-7-14-10/h3-5,10H,6-7H2,1-2H3. The van der Waals surface area contributed by atoms with Crippen molar-refractivity contribution in [3.8, 4) is 11.5 Å². The number of hydrogen-bond donors (Lipinski definition) is 0. The molecular formula is C11H14O3. The lowest BCUT2D eigenvalue weighted by Crippen LogP contribution is -1.98. The summed E-state index contributed by atoms with van der Waals surface area (Å²) in [6, 6.07) is 5.83. The molecule has 0 radical (unpaired) electrons. The minimum Gasteiger partial charge on any atom is -0.497 e. The maximum Gasteiger partial charge on any atom is 0.122 e. The van der Waals surface area contributed by atoms with Gasteiger partial charge in [0, 0.05) is 12.0 Å². The number of rotatable bonds is 4. The molecule has 1 unspecified atom stereocenters. The lowest BCUT2D eigenvalue weighted by Gasteiger charge is -2.08. The van der Waals surface area contributed by atoms with Crippen molar-refractivity contribution in [1.29, 1.82) is 0 Å². The van der Waals surface area contributed by atoms with E-state index < -0.39 is 0 Å². The zero-order valence-corrected chi connectivity index (χ0v) is 8.45. The molecule has 3 heteroatoms. The molecule has 76 valence electrons. The normalized spacial score (nSPS) is 19.1. The van der Waals surface area contributed by atoms with E-state index in [4.69, 9.17) is 14.2 Å². The summed E-state index contributed by atoms with van der Waals surface area (Å²) in [5, 5.41) is 0. The summed E-state index contributed by atoms with van der Waals surface area (Å²) >= 11 is 0. The summed E-state index contributed by atoms with van der Waals surface area (Å²) in [4.78, 5) is 0. The van der Waals surface area contributed by atoms with Crippen LogP contribution in [0, 0.1) is 0 Å². The van der Waals surface area contributed by atoms with Gasteiger partial charge in [-0.3, -0.25) is 0 Å². The average molecular weight is 194 g/mol. The van der Waals surface area contributed by atoms with Crippen molar-refractivity contribution < 1.29 is 14.2 Å². The van der Waals surface area contributed by atoms with Gasteiger partial charge in [0.05, 0.1) is 26.9 Å². The molecule has 1 atom stereocenters. The third kappa shape index (κ3) is 1.99. The van der Waals surface area contributed by atoms with E-state index in [-0.39, 0.29) is 0 Å². The predicted molar refractivity (Wildman–Crippen MR) is 53.0 cm³/mol. The van der Waals surface area contributed by atoms with E-state index in [2.05, 4.69) is 0 Å². The number of hydrogen-bond acceptors (Lipinski definition) is 3. The van der Waals surface area contributed by atoms with Crippen LogP contribution in [0.15, 0.2) is 18.2 Å². The first-order chi connectivity index (χ1) is 6.83. The van der Waals surface area contributed by atoms with Crippen molar-refractivity contribution >= 4 is 0 Å². The Balaban J connectivity index is 2.21. The van der Waals surface area contributed by atoms with Crippen LogP contribution < -0.4 is 9.47 Å². The second-order valence-corrected chi connectivity index (χ2v) is 3.34. The second kappa shape index (κ2) is 3.88. The van der Waals surface area contributed by atoms with Crippen molar-refractivity contribution in [2.45, 2.75) is 12.5 Å². The summed E-state index contributed by atoms with van der Waals surface area (Å²) in [5.74, 6) is 1.77. The first-order valence-electron chi connectivity index (χ1n) is 4.66. The second-order valence-electron chi connectivity index (χ2n) is 3.34. The Kier molecular flexibility index (Phi) is 2.59.